The molecule has 0 amide bonds. The van der Waals surface area contributed by atoms with Gasteiger partial charge in [-0.2, -0.15) is 0 Å². The van der Waals surface area contributed by atoms with E-state index in [1.165, 1.54) is 7.11 Å². The zero-order chi connectivity index (χ0) is 10.7. The molecule has 0 heterocycles. The quantitative estimate of drug-likeness (QED) is 0.767. The molecule has 0 saturated carbocycles. The van der Waals surface area contributed by atoms with Crippen molar-refractivity contribution in [2.24, 2.45) is 0 Å². The third-order valence-electron chi connectivity index (χ3n) is 1.91. The average Bonchev–Trinajstić information content (AvgIpc) is 2.13. The van der Waals surface area contributed by atoms with Crippen molar-refractivity contribution in [3.8, 4) is 5.75 Å². The Morgan fingerprint density at radius 1 is 1.57 bits per heavy atom. The number of carbonyl (C=O) groups excluding carboxylic acids is 1. The van der Waals surface area contributed by atoms with Gasteiger partial charge in [-0.3, -0.25) is 4.79 Å². The summed E-state index contributed by atoms with van der Waals surface area (Å²) in [5, 5.41) is 10.1. The van der Waals surface area contributed by atoms with E-state index in [-0.39, 0.29) is 12.2 Å². The molecule has 0 aromatic heterocycles. The molecule has 3 nitrogen and oxygen atoms in total. The summed E-state index contributed by atoms with van der Waals surface area (Å²) in [7, 11) is 1.30. The maximum atomic E-state index is 11.0. The van der Waals surface area contributed by atoms with Gasteiger partial charge in [-0.05, 0) is 24.6 Å². The van der Waals surface area contributed by atoms with Crippen LogP contribution < -0.4 is 0 Å². The lowest BCUT2D eigenvalue weighted by atomic mass is 10.1. The van der Waals surface area contributed by atoms with Crippen LogP contribution in [-0.2, 0) is 16.0 Å². The SMILES string of the molecule is COC(=O)Cc1cc(Cl)cc(C)c1O. The number of carbonyl (C=O) groups is 1. The van der Waals surface area contributed by atoms with Crippen LogP contribution in [0.15, 0.2) is 12.1 Å². The lowest BCUT2D eigenvalue weighted by Crippen LogP contribution is -2.05. The largest absolute Gasteiger partial charge is 0.507 e. The van der Waals surface area contributed by atoms with Crippen molar-refractivity contribution in [1.29, 1.82) is 0 Å². The lowest BCUT2D eigenvalue weighted by Gasteiger charge is -2.06. The van der Waals surface area contributed by atoms with Crippen LogP contribution in [-0.4, -0.2) is 18.2 Å². The minimum atomic E-state index is -0.401. The summed E-state index contributed by atoms with van der Waals surface area (Å²) in [6, 6.07) is 3.19. The number of hydrogen-bond donors (Lipinski definition) is 1. The van der Waals surface area contributed by atoms with Crippen molar-refractivity contribution in [3.63, 3.8) is 0 Å². The van der Waals surface area contributed by atoms with Crippen LogP contribution >= 0.6 is 11.6 Å². The highest BCUT2D eigenvalue weighted by atomic mass is 35.5. The molecule has 0 aliphatic carbocycles. The number of rotatable bonds is 2. The monoisotopic (exact) mass is 214 g/mol. The molecular formula is C10H11ClO3. The summed E-state index contributed by atoms with van der Waals surface area (Å²) in [6.07, 6.45) is 0.0315. The Kier molecular flexibility index (Phi) is 3.36. The van der Waals surface area contributed by atoms with Gasteiger partial charge in [0, 0.05) is 10.6 Å². The number of phenols is 1. The van der Waals surface area contributed by atoms with E-state index in [1.54, 1.807) is 19.1 Å². The van der Waals surface area contributed by atoms with Crippen molar-refractivity contribution in [3.05, 3.63) is 28.3 Å². The molecule has 0 radical (unpaired) electrons. The molecule has 1 aromatic carbocycles. The van der Waals surface area contributed by atoms with Crippen LogP contribution in [0.25, 0.3) is 0 Å². The number of ether oxygens (including phenoxy) is 1. The molecule has 0 spiro atoms. The van der Waals surface area contributed by atoms with Gasteiger partial charge in [-0.1, -0.05) is 11.6 Å². The number of benzene rings is 1. The van der Waals surface area contributed by atoms with Gasteiger partial charge in [0.2, 0.25) is 0 Å². The van der Waals surface area contributed by atoms with Crippen molar-refractivity contribution < 1.29 is 14.6 Å². The van der Waals surface area contributed by atoms with E-state index in [9.17, 15) is 9.90 Å². The first-order valence-corrected chi connectivity index (χ1v) is 4.47. The van der Waals surface area contributed by atoms with E-state index in [0.717, 1.165) is 0 Å². The number of hydrogen-bond acceptors (Lipinski definition) is 3. The van der Waals surface area contributed by atoms with Crippen LogP contribution in [0.3, 0.4) is 0 Å². The van der Waals surface area contributed by atoms with Crippen LogP contribution in [0.1, 0.15) is 11.1 Å². The standard InChI is InChI=1S/C10H11ClO3/c1-6-3-8(11)4-7(10(6)13)5-9(12)14-2/h3-4,13H,5H2,1-2H3. The Bertz CT molecular complexity index is 361. The molecule has 1 N–H and O–H groups in total. The van der Waals surface area contributed by atoms with Gasteiger partial charge < -0.3 is 9.84 Å². The van der Waals surface area contributed by atoms with Crippen LogP contribution in [0.5, 0.6) is 5.75 Å². The van der Waals surface area contributed by atoms with Crippen molar-refractivity contribution in [1.82, 2.24) is 0 Å². The summed E-state index contributed by atoms with van der Waals surface area (Å²) < 4.78 is 4.50. The van der Waals surface area contributed by atoms with E-state index in [1.807, 2.05) is 0 Å². The average molecular weight is 215 g/mol. The molecule has 4 heteroatoms. The van der Waals surface area contributed by atoms with E-state index in [4.69, 9.17) is 11.6 Å². The third kappa shape index (κ3) is 2.39. The molecule has 0 aliphatic rings. The second-order valence-corrected chi connectivity index (χ2v) is 3.42. The predicted molar refractivity (Wildman–Crippen MR) is 53.6 cm³/mol. The van der Waals surface area contributed by atoms with Gasteiger partial charge >= 0.3 is 5.97 Å². The number of phenolic OH excluding ortho intramolecular Hbond substituents is 1. The smallest absolute Gasteiger partial charge is 0.310 e. The Morgan fingerprint density at radius 3 is 2.79 bits per heavy atom. The number of halogens is 1. The van der Waals surface area contributed by atoms with Gasteiger partial charge in [0.25, 0.3) is 0 Å². The molecule has 0 unspecified atom stereocenters. The van der Waals surface area contributed by atoms with Crippen LogP contribution in [0.2, 0.25) is 5.02 Å². The Labute approximate surface area is 87.3 Å². The van der Waals surface area contributed by atoms with Gasteiger partial charge in [0.05, 0.1) is 13.5 Å². The third-order valence-corrected chi connectivity index (χ3v) is 2.12. The Morgan fingerprint density at radius 2 is 2.21 bits per heavy atom. The highest BCUT2D eigenvalue weighted by molar-refractivity contribution is 6.30. The topological polar surface area (TPSA) is 46.5 Å². The molecule has 76 valence electrons. The zero-order valence-electron chi connectivity index (χ0n) is 8.00. The van der Waals surface area contributed by atoms with E-state index in [2.05, 4.69) is 4.74 Å². The predicted octanol–water partition coefficient (Wildman–Crippen LogP) is 2.07. The number of aryl methyl sites for hydroxylation is 1. The highest BCUT2D eigenvalue weighted by Crippen LogP contribution is 2.26. The van der Waals surface area contributed by atoms with Crippen LogP contribution in [0, 0.1) is 6.92 Å². The fourth-order valence-electron chi connectivity index (χ4n) is 1.17. The van der Waals surface area contributed by atoms with Crippen molar-refractivity contribution in [2.75, 3.05) is 7.11 Å². The summed E-state index contributed by atoms with van der Waals surface area (Å²) in [5.74, 6) is -0.304. The molecule has 0 atom stereocenters. The zero-order valence-corrected chi connectivity index (χ0v) is 8.76. The number of aromatic hydroxyl groups is 1. The minimum Gasteiger partial charge on any atom is -0.507 e. The fraction of sp³-hybridized carbons (Fsp3) is 0.300. The highest BCUT2D eigenvalue weighted by Gasteiger charge is 2.10. The molecule has 0 bridgehead atoms. The first-order valence-electron chi connectivity index (χ1n) is 4.09. The van der Waals surface area contributed by atoms with Gasteiger partial charge in [0.1, 0.15) is 5.75 Å². The second kappa shape index (κ2) is 4.33. The van der Waals surface area contributed by atoms with Crippen molar-refractivity contribution >= 4 is 17.6 Å². The number of esters is 1. The summed E-state index contributed by atoms with van der Waals surface area (Å²) in [4.78, 5) is 11.0. The summed E-state index contributed by atoms with van der Waals surface area (Å²) in [6.45, 7) is 1.72. The van der Waals surface area contributed by atoms with Gasteiger partial charge in [-0.15, -0.1) is 0 Å². The molecule has 14 heavy (non-hydrogen) atoms. The maximum absolute atomic E-state index is 11.0. The first-order chi connectivity index (χ1) is 6.54. The second-order valence-electron chi connectivity index (χ2n) is 2.98. The normalized spacial score (nSPS) is 9.93. The number of methoxy groups -OCH3 is 1. The van der Waals surface area contributed by atoms with E-state index in [0.29, 0.717) is 16.1 Å². The van der Waals surface area contributed by atoms with Gasteiger partial charge in [0.15, 0.2) is 0 Å². The molecule has 0 fully saturated rings. The van der Waals surface area contributed by atoms with Crippen molar-refractivity contribution in [2.45, 2.75) is 13.3 Å². The molecule has 1 aromatic rings. The van der Waals surface area contributed by atoms with E-state index < -0.39 is 5.97 Å². The van der Waals surface area contributed by atoms with E-state index >= 15 is 0 Å². The Balaban J connectivity index is 3.02. The first kappa shape index (κ1) is 10.9. The summed E-state index contributed by atoms with van der Waals surface area (Å²) in [5.41, 5.74) is 1.14. The minimum absolute atomic E-state index is 0.0315. The molecule has 0 saturated heterocycles. The molecule has 0 aliphatic heterocycles. The maximum Gasteiger partial charge on any atom is 0.310 e. The lowest BCUT2D eigenvalue weighted by molar-refractivity contribution is -0.139. The Hall–Kier alpha value is -1.22. The molecular weight excluding hydrogens is 204 g/mol. The van der Waals surface area contributed by atoms with Gasteiger partial charge in [-0.25, -0.2) is 0 Å². The summed E-state index contributed by atoms with van der Waals surface area (Å²) >= 11 is 5.79. The van der Waals surface area contributed by atoms with Crippen LogP contribution in [0.4, 0.5) is 0 Å². The molecule has 1 rings (SSSR count). The fourth-order valence-corrected chi connectivity index (χ4v) is 1.46.